The summed E-state index contributed by atoms with van der Waals surface area (Å²) < 4.78 is 38.3. The van der Waals surface area contributed by atoms with Crippen LogP contribution in [0.25, 0.3) is 0 Å². The second kappa shape index (κ2) is 4.37. The van der Waals surface area contributed by atoms with Gasteiger partial charge in [-0.3, -0.25) is 4.79 Å². The molecule has 0 aromatic heterocycles. The number of benzene rings is 1. The molecule has 94 valence electrons. The van der Waals surface area contributed by atoms with Crippen LogP contribution in [0, 0.1) is 6.92 Å². The molecule has 1 aromatic carbocycles. The van der Waals surface area contributed by atoms with Gasteiger partial charge in [0.05, 0.1) is 6.42 Å². The van der Waals surface area contributed by atoms with Crippen LogP contribution in [0.2, 0.25) is 0 Å². The van der Waals surface area contributed by atoms with Crippen LogP contribution in [0.5, 0.6) is 0 Å². The van der Waals surface area contributed by atoms with E-state index in [1.165, 1.54) is 6.07 Å². The van der Waals surface area contributed by atoms with Gasteiger partial charge in [-0.25, -0.2) is 0 Å². The maximum absolute atomic E-state index is 12.8. The van der Waals surface area contributed by atoms with Gasteiger partial charge in [0.2, 0.25) is 0 Å². The number of rotatable bonds is 3. The Labute approximate surface area is 95.5 Å². The maximum Gasteiger partial charge on any atom is 0.422 e. The molecule has 0 spiro atoms. The lowest BCUT2D eigenvalue weighted by atomic mass is 9.89. The predicted octanol–water partition coefficient (Wildman–Crippen LogP) is 2.22. The highest BCUT2D eigenvalue weighted by Crippen LogP contribution is 2.41. The molecule has 0 bridgehead atoms. The third-order valence-electron chi connectivity index (χ3n) is 2.37. The highest BCUT2D eigenvalue weighted by atomic mass is 19.4. The van der Waals surface area contributed by atoms with Crippen molar-refractivity contribution in [3.63, 3.8) is 0 Å². The van der Waals surface area contributed by atoms with E-state index in [-0.39, 0.29) is 0 Å². The topological polar surface area (TPSA) is 57.5 Å². The first-order chi connectivity index (χ1) is 7.67. The molecule has 1 unspecified atom stereocenters. The summed E-state index contributed by atoms with van der Waals surface area (Å²) in [4.78, 5) is 10.5. The number of hydrogen-bond acceptors (Lipinski definition) is 2. The van der Waals surface area contributed by atoms with E-state index in [2.05, 4.69) is 0 Å². The van der Waals surface area contributed by atoms with E-state index in [1.54, 1.807) is 13.0 Å². The minimum absolute atomic E-state index is 0.465. The Balaban J connectivity index is 3.29. The zero-order valence-electron chi connectivity index (χ0n) is 8.95. The molecule has 0 fully saturated rings. The molecular formula is C11H11F3O3. The normalized spacial score (nSPS) is 15.4. The Morgan fingerprint density at radius 2 is 1.94 bits per heavy atom. The quantitative estimate of drug-likeness (QED) is 0.862. The second-order valence-corrected chi connectivity index (χ2v) is 3.80. The number of hydrogen-bond donors (Lipinski definition) is 2. The molecule has 3 nitrogen and oxygen atoms in total. The SMILES string of the molecule is Cc1cccc(C(O)(CC(=O)O)C(F)(F)F)c1. The van der Waals surface area contributed by atoms with Crippen LogP contribution in [0.1, 0.15) is 17.5 Å². The highest BCUT2D eigenvalue weighted by Gasteiger charge is 2.56. The molecule has 6 heteroatoms. The van der Waals surface area contributed by atoms with Crippen molar-refractivity contribution in [2.45, 2.75) is 25.1 Å². The van der Waals surface area contributed by atoms with Crippen LogP contribution in [-0.2, 0) is 10.4 Å². The standard InChI is InChI=1S/C11H11F3O3/c1-7-3-2-4-8(5-7)10(17,6-9(15)16)11(12,13)14/h2-5,17H,6H2,1H3,(H,15,16). The van der Waals surface area contributed by atoms with Gasteiger partial charge < -0.3 is 10.2 Å². The van der Waals surface area contributed by atoms with Gasteiger partial charge in [-0.1, -0.05) is 29.8 Å². The van der Waals surface area contributed by atoms with Gasteiger partial charge in [0, 0.05) is 0 Å². The Kier molecular flexibility index (Phi) is 3.47. The summed E-state index contributed by atoms with van der Waals surface area (Å²) in [6.45, 7) is 1.56. The summed E-state index contributed by atoms with van der Waals surface area (Å²) in [5, 5.41) is 18.1. The maximum atomic E-state index is 12.8. The minimum Gasteiger partial charge on any atom is -0.481 e. The number of aliphatic hydroxyl groups is 1. The molecule has 1 atom stereocenters. The lowest BCUT2D eigenvalue weighted by molar-refractivity contribution is -0.269. The van der Waals surface area contributed by atoms with E-state index in [4.69, 9.17) is 5.11 Å². The van der Waals surface area contributed by atoms with Gasteiger partial charge in [-0.2, -0.15) is 13.2 Å². The Bertz CT molecular complexity index is 428. The first kappa shape index (κ1) is 13.5. The van der Waals surface area contributed by atoms with E-state index < -0.39 is 29.7 Å². The van der Waals surface area contributed by atoms with E-state index in [9.17, 15) is 23.1 Å². The molecule has 2 N–H and O–H groups in total. The average Bonchev–Trinajstić information content (AvgIpc) is 2.14. The Hall–Kier alpha value is -1.56. The first-order valence-electron chi connectivity index (χ1n) is 4.75. The number of carboxylic acids is 1. The third kappa shape index (κ3) is 2.76. The summed E-state index contributed by atoms with van der Waals surface area (Å²) in [6, 6.07) is 5.07. The van der Waals surface area contributed by atoms with Gasteiger partial charge in [0.15, 0.2) is 5.60 Å². The molecule has 1 rings (SSSR count). The number of aryl methyl sites for hydroxylation is 1. The molecule has 0 heterocycles. The van der Waals surface area contributed by atoms with Crippen LogP contribution in [0.3, 0.4) is 0 Å². The summed E-state index contributed by atoms with van der Waals surface area (Å²) in [6.07, 6.45) is -6.46. The summed E-state index contributed by atoms with van der Waals surface area (Å²) in [5.74, 6) is -1.72. The Morgan fingerprint density at radius 3 is 2.35 bits per heavy atom. The van der Waals surface area contributed by atoms with Crippen LogP contribution in [0.4, 0.5) is 13.2 Å². The van der Waals surface area contributed by atoms with E-state index in [0.29, 0.717) is 5.56 Å². The number of alkyl halides is 3. The van der Waals surface area contributed by atoms with E-state index in [1.807, 2.05) is 0 Å². The predicted molar refractivity (Wildman–Crippen MR) is 53.4 cm³/mol. The smallest absolute Gasteiger partial charge is 0.422 e. The lowest BCUT2D eigenvalue weighted by Crippen LogP contribution is -2.44. The van der Waals surface area contributed by atoms with Gasteiger partial charge in [-0.05, 0) is 12.5 Å². The van der Waals surface area contributed by atoms with Gasteiger partial charge in [0.1, 0.15) is 0 Å². The number of carbonyl (C=O) groups is 1. The van der Waals surface area contributed by atoms with E-state index >= 15 is 0 Å². The van der Waals surface area contributed by atoms with Crippen molar-refractivity contribution in [3.05, 3.63) is 35.4 Å². The van der Waals surface area contributed by atoms with Gasteiger partial charge in [0.25, 0.3) is 0 Å². The van der Waals surface area contributed by atoms with Crippen LogP contribution in [0.15, 0.2) is 24.3 Å². The monoisotopic (exact) mass is 248 g/mol. The van der Waals surface area contributed by atoms with Crippen molar-refractivity contribution >= 4 is 5.97 Å². The van der Waals surface area contributed by atoms with Crippen LogP contribution >= 0.6 is 0 Å². The van der Waals surface area contributed by atoms with E-state index in [0.717, 1.165) is 12.1 Å². The zero-order valence-corrected chi connectivity index (χ0v) is 8.95. The molecule has 0 radical (unpaired) electrons. The van der Waals surface area contributed by atoms with Crippen molar-refractivity contribution in [1.82, 2.24) is 0 Å². The fourth-order valence-electron chi connectivity index (χ4n) is 1.49. The van der Waals surface area contributed by atoms with Crippen molar-refractivity contribution in [1.29, 1.82) is 0 Å². The summed E-state index contributed by atoms with van der Waals surface area (Å²) in [5.41, 5.74) is -3.31. The average molecular weight is 248 g/mol. The third-order valence-corrected chi connectivity index (χ3v) is 2.37. The molecule has 1 aromatic rings. The fraction of sp³-hybridized carbons (Fsp3) is 0.364. The summed E-state index contributed by atoms with van der Waals surface area (Å²) in [7, 11) is 0. The van der Waals surface area contributed by atoms with Gasteiger partial charge in [-0.15, -0.1) is 0 Å². The fourth-order valence-corrected chi connectivity index (χ4v) is 1.49. The number of aliphatic carboxylic acids is 1. The van der Waals surface area contributed by atoms with Crippen molar-refractivity contribution in [2.75, 3.05) is 0 Å². The van der Waals surface area contributed by atoms with Gasteiger partial charge >= 0.3 is 12.1 Å². The number of halogens is 3. The summed E-state index contributed by atoms with van der Waals surface area (Å²) >= 11 is 0. The first-order valence-corrected chi connectivity index (χ1v) is 4.75. The molecule has 0 amide bonds. The Morgan fingerprint density at radius 1 is 1.35 bits per heavy atom. The van der Waals surface area contributed by atoms with Crippen LogP contribution < -0.4 is 0 Å². The molecule has 0 aliphatic carbocycles. The number of carboxylic acid groups (broad SMARTS) is 1. The molecule has 0 saturated heterocycles. The van der Waals surface area contributed by atoms with Crippen LogP contribution in [-0.4, -0.2) is 22.4 Å². The second-order valence-electron chi connectivity index (χ2n) is 3.80. The van der Waals surface area contributed by atoms with Crippen molar-refractivity contribution in [3.8, 4) is 0 Å². The minimum atomic E-state index is -5.04. The lowest BCUT2D eigenvalue weighted by Gasteiger charge is -2.29. The molecule has 0 saturated carbocycles. The molecule has 0 aliphatic rings. The molecule has 0 aliphatic heterocycles. The zero-order chi connectivity index (χ0) is 13.3. The van der Waals surface area contributed by atoms with Crippen molar-refractivity contribution in [2.24, 2.45) is 0 Å². The molecular weight excluding hydrogens is 237 g/mol. The highest BCUT2D eigenvalue weighted by molar-refractivity contribution is 5.69. The molecule has 17 heavy (non-hydrogen) atoms. The largest absolute Gasteiger partial charge is 0.481 e. The van der Waals surface area contributed by atoms with Crippen molar-refractivity contribution < 1.29 is 28.2 Å².